The molecule has 0 saturated heterocycles. The van der Waals surface area contributed by atoms with Crippen LogP contribution >= 0.6 is 0 Å². The summed E-state index contributed by atoms with van der Waals surface area (Å²) in [6.45, 7) is 3.06. The van der Waals surface area contributed by atoms with Gasteiger partial charge in [0.1, 0.15) is 6.07 Å². The zero-order valence-corrected chi connectivity index (χ0v) is 7.26. The normalized spacial score (nSPS) is 9.67. The number of carbonyl (C=O) groups excluding carboxylic acids is 1. The van der Waals surface area contributed by atoms with Gasteiger partial charge in [-0.3, -0.25) is 4.79 Å². The molecule has 0 aliphatic carbocycles. The average Bonchev–Trinajstić information content (AvgIpc) is 2.00. The van der Waals surface area contributed by atoms with Crippen molar-refractivity contribution in [2.45, 2.75) is 32.3 Å². The molecule has 0 radical (unpaired) electrons. The van der Waals surface area contributed by atoms with Crippen molar-refractivity contribution in [2.24, 2.45) is 0 Å². The van der Waals surface area contributed by atoms with Gasteiger partial charge in [-0.25, -0.2) is 0 Å². The van der Waals surface area contributed by atoms with Crippen LogP contribution in [-0.2, 0) is 9.53 Å². The molecule has 0 atom stereocenters. The third kappa shape index (κ3) is 4.35. The van der Waals surface area contributed by atoms with Crippen molar-refractivity contribution in [2.75, 3.05) is 0 Å². The van der Waals surface area contributed by atoms with Crippen LogP contribution in [0.15, 0.2) is 0 Å². The number of hydrogen-bond donors (Lipinski definition) is 0. The van der Waals surface area contributed by atoms with Crippen LogP contribution in [0.3, 0.4) is 0 Å². The molecule has 0 fully saturated rings. The number of ether oxygens (including phenoxy) is 1. The molecule has 0 aromatic carbocycles. The second kappa shape index (κ2) is 4.41. The molecule has 0 aliphatic rings. The Morgan fingerprint density at radius 3 is 2.67 bits per heavy atom. The number of nitriles is 1. The number of esters is 1. The lowest BCUT2D eigenvalue weighted by molar-refractivity contribution is -0.151. The molecule has 0 spiro atoms. The fraction of sp³-hybridized carbons (Fsp3) is 0.556. The van der Waals surface area contributed by atoms with E-state index in [1.165, 1.54) is 13.8 Å². The Bertz CT molecular complexity index is 242. The van der Waals surface area contributed by atoms with Gasteiger partial charge in [-0.2, -0.15) is 5.26 Å². The molecule has 0 aliphatic heterocycles. The van der Waals surface area contributed by atoms with E-state index >= 15 is 0 Å². The summed E-state index contributed by atoms with van der Waals surface area (Å²) >= 11 is 0. The van der Waals surface area contributed by atoms with Crippen LogP contribution < -0.4 is 0 Å². The van der Waals surface area contributed by atoms with Gasteiger partial charge >= 0.3 is 5.97 Å². The molecule has 0 heterocycles. The molecular formula is C9H11NO2. The first kappa shape index (κ1) is 10.5. The third-order valence-corrected chi connectivity index (χ3v) is 1.11. The molecule has 0 N–H and O–H groups in total. The van der Waals surface area contributed by atoms with E-state index in [0.29, 0.717) is 6.42 Å². The van der Waals surface area contributed by atoms with Gasteiger partial charge in [0.15, 0.2) is 5.60 Å². The molecule has 0 unspecified atom stereocenters. The molecule has 0 aromatic rings. The molecule has 0 amide bonds. The molecule has 3 heteroatoms. The van der Waals surface area contributed by atoms with E-state index in [1.54, 1.807) is 0 Å². The minimum atomic E-state index is -1.05. The van der Waals surface area contributed by atoms with Crippen LogP contribution in [0.4, 0.5) is 0 Å². The molecule has 0 saturated carbocycles. The SMILES string of the molecule is C#CCCC(=O)OC(C)(C)C#N. The summed E-state index contributed by atoms with van der Waals surface area (Å²) in [7, 11) is 0. The van der Waals surface area contributed by atoms with Crippen molar-refractivity contribution in [3.05, 3.63) is 0 Å². The van der Waals surface area contributed by atoms with E-state index in [1.807, 2.05) is 6.07 Å². The van der Waals surface area contributed by atoms with E-state index in [2.05, 4.69) is 5.92 Å². The predicted octanol–water partition coefficient (Wildman–Crippen LogP) is 1.25. The monoisotopic (exact) mass is 165 g/mol. The van der Waals surface area contributed by atoms with Gasteiger partial charge in [0.2, 0.25) is 0 Å². The summed E-state index contributed by atoms with van der Waals surface area (Å²) in [6.07, 6.45) is 5.47. The number of rotatable bonds is 3. The zero-order chi connectivity index (χ0) is 9.61. The predicted molar refractivity (Wildman–Crippen MR) is 43.9 cm³/mol. The van der Waals surface area contributed by atoms with Crippen molar-refractivity contribution in [3.63, 3.8) is 0 Å². The maximum atomic E-state index is 10.9. The Balaban J connectivity index is 3.88. The topological polar surface area (TPSA) is 50.1 Å². The molecule has 0 rings (SSSR count). The number of nitrogens with zero attached hydrogens (tertiary/aromatic N) is 1. The second-order valence-corrected chi connectivity index (χ2v) is 2.80. The smallest absolute Gasteiger partial charge is 0.308 e. The van der Waals surface area contributed by atoms with Crippen LogP contribution in [0.2, 0.25) is 0 Å². The molecule has 0 bridgehead atoms. The molecule has 0 aromatic heterocycles. The largest absolute Gasteiger partial charge is 0.444 e. The number of carbonyl (C=O) groups is 1. The first-order chi connectivity index (χ1) is 5.52. The highest BCUT2D eigenvalue weighted by Crippen LogP contribution is 2.08. The van der Waals surface area contributed by atoms with E-state index in [-0.39, 0.29) is 6.42 Å². The lowest BCUT2D eigenvalue weighted by Gasteiger charge is -2.15. The van der Waals surface area contributed by atoms with E-state index in [9.17, 15) is 4.79 Å². The van der Waals surface area contributed by atoms with Gasteiger partial charge in [-0.15, -0.1) is 12.3 Å². The van der Waals surface area contributed by atoms with Crippen molar-refractivity contribution in [1.29, 1.82) is 5.26 Å². The summed E-state index contributed by atoms with van der Waals surface area (Å²) in [5, 5.41) is 8.50. The van der Waals surface area contributed by atoms with Gasteiger partial charge < -0.3 is 4.74 Å². The second-order valence-electron chi connectivity index (χ2n) is 2.80. The van der Waals surface area contributed by atoms with E-state index in [4.69, 9.17) is 16.4 Å². The van der Waals surface area contributed by atoms with Crippen LogP contribution in [0, 0.1) is 23.7 Å². The Morgan fingerprint density at radius 2 is 2.25 bits per heavy atom. The summed E-state index contributed by atoms with van der Waals surface area (Å²) in [5.74, 6) is 1.89. The highest BCUT2D eigenvalue weighted by atomic mass is 16.6. The third-order valence-electron chi connectivity index (χ3n) is 1.11. The Hall–Kier alpha value is -1.48. The van der Waals surface area contributed by atoms with Gasteiger partial charge in [0.05, 0.1) is 6.42 Å². The highest BCUT2D eigenvalue weighted by Gasteiger charge is 2.21. The lowest BCUT2D eigenvalue weighted by atomic mass is 10.2. The summed E-state index contributed by atoms with van der Waals surface area (Å²) in [6, 6.07) is 1.85. The van der Waals surface area contributed by atoms with Gasteiger partial charge in [0, 0.05) is 6.42 Å². The molecular weight excluding hydrogens is 154 g/mol. The average molecular weight is 165 g/mol. The van der Waals surface area contributed by atoms with Crippen LogP contribution in [-0.4, -0.2) is 11.6 Å². The van der Waals surface area contributed by atoms with Crippen molar-refractivity contribution in [1.82, 2.24) is 0 Å². The van der Waals surface area contributed by atoms with E-state index in [0.717, 1.165) is 0 Å². The maximum absolute atomic E-state index is 10.9. The van der Waals surface area contributed by atoms with Gasteiger partial charge in [-0.05, 0) is 13.8 Å². The molecule has 12 heavy (non-hydrogen) atoms. The van der Waals surface area contributed by atoms with E-state index < -0.39 is 11.6 Å². The van der Waals surface area contributed by atoms with Crippen LogP contribution in [0.25, 0.3) is 0 Å². The highest BCUT2D eigenvalue weighted by molar-refractivity contribution is 5.70. The minimum Gasteiger partial charge on any atom is -0.444 e. The summed E-state index contributed by atoms with van der Waals surface area (Å²) in [5.41, 5.74) is -1.05. The lowest BCUT2D eigenvalue weighted by Crippen LogP contribution is -2.25. The van der Waals surface area contributed by atoms with Gasteiger partial charge in [-0.1, -0.05) is 0 Å². The standard InChI is InChI=1S/C9H11NO2/c1-4-5-6-8(11)12-9(2,3)7-10/h1H,5-6H2,2-3H3. The first-order valence-electron chi connectivity index (χ1n) is 3.58. The molecule has 64 valence electrons. The quantitative estimate of drug-likeness (QED) is 0.467. The Labute approximate surface area is 72.3 Å². The maximum Gasteiger partial charge on any atom is 0.308 e. The molecule has 3 nitrogen and oxygen atoms in total. The minimum absolute atomic E-state index is 0.168. The summed E-state index contributed by atoms with van der Waals surface area (Å²) in [4.78, 5) is 10.9. The van der Waals surface area contributed by atoms with Crippen LogP contribution in [0.1, 0.15) is 26.7 Å². The van der Waals surface area contributed by atoms with Crippen molar-refractivity contribution in [3.8, 4) is 18.4 Å². The van der Waals surface area contributed by atoms with Crippen molar-refractivity contribution >= 4 is 5.97 Å². The summed E-state index contributed by atoms with van der Waals surface area (Å²) < 4.78 is 4.79. The Morgan fingerprint density at radius 1 is 1.67 bits per heavy atom. The number of terminal acetylenes is 1. The van der Waals surface area contributed by atoms with Gasteiger partial charge in [0.25, 0.3) is 0 Å². The Kier molecular flexibility index (Phi) is 3.86. The van der Waals surface area contributed by atoms with Crippen LogP contribution in [0.5, 0.6) is 0 Å². The fourth-order valence-electron chi connectivity index (χ4n) is 0.533. The fourth-order valence-corrected chi connectivity index (χ4v) is 0.533. The first-order valence-corrected chi connectivity index (χ1v) is 3.58. The van der Waals surface area contributed by atoms with Crippen molar-refractivity contribution < 1.29 is 9.53 Å². The number of hydrogen-bond acceptors (Lipinski definition) is 3. The zero-order valence-electron chi connectivity index (χ0n) is 7.26.